The van der Waals surface area contributed by atoms with Crippen LogP contribution in [0.2, 0.25) is 0 Å². The highest BCUT2D eigenvalue weighted by Gasteiger charge is 2.37. The second-order valence-electron chi connectivity index (χ2n) is 6.90. The molecule has 1 aromatic rings. The van der Waals surface area contributed by atoms with E-state index in [9.17, 15) is 4.79 Å². The largest absolute Gasteiger partial charge is 0.493 e. The van der Waals surface area contributed by atoms with Crippen molar-refractivity contribution in [2.75, 3.05) is 11.9 Å². The fourth-order valence-electron chi connectivity index (χ4n) is 3.54. The predicted octanol–water partition coefficient (Wildman–Crippen LogP) is 4.66. The van der Waals surface area contributed by atoms with Crippen LogP contribution in [0.15, 0.2) is 39.9 Å². The van der Waals surface area contributed by atoms with Crippen molar-refractivity contribution in [2.45, 2.75) is 32.1 Å². The number of hydrogen-bond acceptors (Lipinski definition) is 5. The van der Waals surface area contributed by atoms with Crippen LogP contribution in [0, 0.1) is 11.3 Å². The third-order valence-corrected chi connectivity index (χ3v) is 6.33. The van der Waals surface area contributed by atoms with E-state index in [1.54, 1.807) is 6.08 Å². The number of amides is 1. The molecule has 8 heteroatoms. The van der Waals surface area contributed by atoms with Gasteiger partial charge in [-0.3, -0.25) is 10.2 Å². The van der Waals surface area contributed by atoms with E-state index in [2.05, 4.69) is 26.0 Å². The average Bonchev–Trinajstić information content (AvgIpc) is 3.15. The number of thioether (sulfide) groups is 1. The lowest BCUT2D eigenvalue weighted by Gasteiger charge is -2.20. The molecule has 0 radical (unpaired) electrons. The Hall–Kier alpha value is -1.93. The Kier molecular flexibility index (Phi) is 5.96. The average molecular weight is 461 g/mol. The van der Waals surface area contributed by atoms with Gasteiger partial charge in [-0.25, -0.2) is 0 Å². The topological polar surface area (TPSA) is 78.1 Å². The number of hydrogen-bond donors (Lipinski definition) is 1. The molecule has 1 aliphatic carbocycles. The molecule has 0 bridgehead atoms. The number of benzene rings is 1. The number of amidine groups is 2. The van der Waals surface area contributed by atoms with Crippen molar-refractivity contribution < 1.29 is 9.53 Å². The van der Waals surface area contributed by atoms with Crippen LogP contribution in [0.1, 0.15) is 37.7 Å². The highest BCUT2D eigenvalue weighted by Crippen LogP contribution is 2.36. The molecule has 1 amide bonds. The Morgan fingerprint density at radius 1 is 1.32 bits per heavy atom. The van der Waals surface area contributed by atoms with Crippen LogP contribution in [0.5, 0.6) is 5.75 Å². The second kappa shape index (κ2) is 8.61. The summed E-state index contributed by atoms with van der Waals surface area (Å²) in [6.07, 6.45) is 7.64. The van der Waals surface area contributed by atoms with Crippen molar-refractivity contribution in [1.82, 2.24) is 5.01 Å². The molecule has 2 heterocycles. The summed E-state index contributed by atoms with van der Waals surface area (Å²) in [5, 5.41) is 16.9. The van der Waals surface area contributed by atoms with Gasteiger partial charge >= 0.3 is 0 Å². The molecule has 0 saturated heterocycles. The summed E-state index contributed by atoms with van der Waals surface area (Å²) in [5.74, 6) is 0.837. The minimum atomic E-state index is -0.393. The van der Waals surface area contributed by atoms with Crippen molar-refractivity contribution in [3.05, 3.63) is 35.4 Å². The SMILES string of the molecule is N=C1/C(=C/c2cccc(OCCBr)c2)C(=O)N=C2SC(C3CCCCC3)=NN12. The summed E-state index contributed by atoms with van der Waals surface area (Å²) in [4.78, 5) is 16.8. The number of rotatable bonds is 5. The molecule has 1 N–H and O–H groups in total. The minimum Gasteiger partial charge on any atom is -0.493 e. The van der Waals surface area contributed by atoms with Gasteiger partial charge in [0.1, 0.15) is 10.8 Å². The Morgan fingerprint density at radius 2 is 2.14 bits per heavy atom. The zero-order valence-electron chi connectivity index (χ0n) is 15.4. The van der Waals surface area contributed by atoms with Gasteiger partial charge in [-0.1, -0.05) is 47.3 Å². The van der Waals surface area contributed by atoms with Crippen LogP contribution in [-0.2, 0) is 4.79 Å². The van der Waals surface area contributed by atoms with Gasteiger partial charge in [-0.05, 0) is 48.4 Å². The van der Waals surface area contributed by atoms with Crippen molar-refractivity contribution in [1.29, 1.82) is 5.41 Å². The molecule has 28 heavy (non-hydrogen) atoms. The summed E-state index contributed by atoms with van der Waals surface area (Å²) < 4.78 is 5.61. The Morgan fingerprint density at radius 3 is 2.93 bits per heavy atom. The number of hydrazone groups is 1. The predicted molar refractivity (Wildman–Crippen MR) is 117 cm³/mol. The number of nitrogens with zero attached hydrogens (tertiary/aromatic N) is 3. The first-order valence-corrected chi connectivity index (χ1v) is 11.4. The number of halogens is 1. The molecule has 0 unspecified atom stereocenters. The fourth-order valence-corrected chi connectivity index (χ4v) is 4.76. The monoisotopic (exact) mass is 460 g/mol. The minimum absolute atomic E-state index is 0.0834. The van der Waals surface area contributed by atoms with Crippen molar-refractivity contribution >= 4 is 55.7 Å². The molecule has 1 saturated carbocycles. The number of carbonyl (C=O) groups is 1. The molecular formula is C20H21BrN4O2S. The molecule has 0 spiro atoms. The van der Waals surface area contributed by atoms with Crippen LogP contribution in [0.3, 0.4) is 0 Å². The molecule has 0 aromatic heterocycles. The first kappa shape index (κ1) is 19.4. The maximum atomic E-state index is 12.6. The van der Waals surface area contributed by atoms with Gasteiger partial charge < -0.3 is 4.74 Å². The summed E-state index contributed by atoms with van der Waals surface area (Å²) in [6.45, 7) is 0.562. The maximum Gasteiger partial charge on any atom is 0.283 e. The first-order valence-electron chi connectivity index (χ1n) is 9.44. The zero-order valence-corrected chi connectivity index (χ0v) is 17.8. The molecular weight excluding hydrogens is 440 g/mol. The number of nitrogens with one attached hydrogen (secondary N) is 1. The lowest BCUT2D eigenvalue weighted by molar-refractivity contribution is -0.114. The van der Waals surface area contributed by atoms with Crippen LogP contribution in [0.4, 0.5) is 0 Å². The third kappa shape index (κ3) is 4.07. The zero-order chi connectivity index (χ0) is 19.5. The standard InChI is InChI=1S/C20H21BrN4O2S/c21-9-10-27-15-8-4-5-13(11-15)12-16-17(22)25-20(23-18(16)26)28-19(24-25)14-6-2-1-3-7-14/h4-5,8,11-12,14,22H,1-3,6-7,9-10H2/b16-12-,22-17?. The molecule has 2 aliphatic heterocycles. The summed E-state index contributed by atoms with van der Waals surface area (Å²) in [6, 6.07) is 7.47. The van der Waals surface area contributed by atoms with Crippen molar-refractivity contribution in [3.8, 4) is 5.75 Å². The Bertz CT molecular complexity index is 890. The molecule has 146 valence electrons. The number of carbonyl (C=O) groups excluding carboxylic acids is 1. The number of aliphatic imine (C=N–C) groups is 1. The van der Waals surface area contributed by atoms with Crippen LogP contribution < -0.4 is 4.74 Å². The third-order valence-electron chi connectivity index (χ3n) is 4.94. The molecule has 3 aliphatic rings. The van der Waals surface area contributed by atoms with Gasteiger partial charge in [-0.2, -0.15) is 15.1 Å². The van der Waals surface area contributed by atoms with Crippen molar-refractivity contribution in [3.63, 3.8) is 0 Å². The molecule has 4 rings (SSSR count). The van der Waals surface area contributed by atoms with E-state index in [0.717, 1.165) is 34.5 Å². The molecule has 1 fully saturated rings. The lowest BCUT2D eigenvalue weighted by Crippen LogP contribution is -2.35. The quantitative estimate of drug-likeness (QED) is 0.511. The smallest absolute Gasteiger partial charge is 0.283 e. The van der Waals surface area contributed by atoms with Gasteiger partial charge in [-0.15, -0.1) is 0 Å². The van der Waals surface area contributed by atoms with Gasteiger partial charge in [0.2, 0.25) is 5.17 Å². The number of fused-ring (bicyclic) bond motifs is 1. The summed E-state index contributed by atoms with van der Waals surface area (Å²) >= 11 is 4.78. The second-order valence-corrected chi connectivity index (χ2v) is 8.68. The highest BCUT2D eigenvalue weighted by molar-refractivity contribution is 9.09. The lowest BCUT2D eigenvalue weighted by atomic mass is 9.90. The maximum absolute atomic E-state index is 12.6. The van der Waals surface area contributed by atoms with E-state index < -0.39 is 5.91 Å². The Labute approximate surface area is 176 Å². The first-order chi connectivity index (χ1) is 13.7. The molecule has 1 aromatic carbocycles. The van der Waals surface area contributed by atoms with E-state index >= 15 is 0 Å². The van der Waals surface area contributed by atoms with Gasteiger partial charge in [0.25, 0.3) is 5.91 Å². The summed E-state index contributed by atoms with van der Waals surface area (Å²) in [7, 11) is 0. The van der Waals surface area contributed by atoms with E-state index in [0.29, 0.717) is 17.7 Å². The van der Waals surface area contributed by atoms with E-state index in [4.69, 9.17) is 10.1 Å². The molecule has 6 nitrogen and oxygen atoms in total. The van der Waals surface area contributed by atoms with Crippen LogP contribution in [-0.4, -0.2) is 38.9 Å². The van der Waals surface area contributed by atoms with Crippen molar-refractivity contribution in [2.24, 2.45) is 16.0 Å². The molecule has 0 atom stereocenters. The summed E-state index contributed by atoms with van der Waals surface area (Å²) in [5.41, 5.74) is 1.04. The number of alkyl halides is 1. The van der Waals surface area contributed by atoms with Gasteiger partial charge in [0, 0.05) is 11.2 Å². The van der Waals surface area contributed by atoms with Gasteiger partial charge in [0.15, 0.2) is 5.84 Å². The Balaban J connectivity index is 1.57. The highest BCUT2D eigenvalue weighted by atomic mass is 79.9. The van der Waals surface area contributed by atoms with Crippen LogP contribution in [0.25, 0.3) is 6.08 Å². The van der Waals surface area contributed by atoms with E-state index in [1.165, 1.54) is 36.0 Å². The number of ether oxygens (including phenoxy) is 1. The van der Waals surface area contributed by atoms with Gasteiger partial charge in [0.05, 0.1) is 12.2 Å². The fraction of sp³-hybridized carbons (Fsp3) is 0.400. The van der Waals surface area contributed by atoms with E-state index in [-0.39, 0.29) is 11.4 Å². The normalized spacial score (nSPS) is 21.6. The van der Waals surface area contributed by atoms with E-state index in [1.807, 2.05) is 24.3 Å². The van der Waals surface area contributed by atoms with Crippen LogP contribution >= 0.6 is 27.7 Å².